The number of anilines is 1. The fourth-order valence-corrected chi connectivity index (χ4v) is 4.56. The summed E-state index contributed by atoms with van der Waals surface area (Å²) in [7, 11) is 0. The average molecular weight is 385 g/mol. The molecule has 0 aliphatic carbocycles. The van der Waals surface area contributed by atoms with E-state index in [0.29, 0.717) is 10.8 Å². The Morgan fingerprint density at radius 2 is 1.80 bits per heavy atom. The molecule has 1 N–H and O–H groups in total. The number of benzene rings is 2. The van der Waals surface area contributed by atoms with Crippen molar-refractivity contribution in [2.45, 2.75) is 6.42 Å². The molecule has 1 amide bonds. The van der Waals surface area contributed by atoms with Crippen LogP contribution in [-0.2, 0) is 11.2 Å². The number of nitrogens with one attached hydrogen (secondary N) is 1. The molecule has 25 heavy (non-hydrogen) atoms. The molecular formula is C19H13ClN2OS2. The zero-order valence-corrected chi connectivity index (χ0v) is 15.4. The molecule has 3 nitrogen and oxygen atoms in total. The van der Waals surface area contributed by atoms with E-state index in [1.165, 1.54) is 16.0 Å². The molecule has 2 aromatic carbocycles. The Kier molecular flexibility index (Phi) is 4.53. The number of hydrogen-bond donors (Lipinski definition) is 1. The van der Waals surface area contributed by atoms with E-state index in [1.807, 2.05) is 54.6 Å². The highest BCUT2D eigenvalue weighted by Crippen LogP contribution is 2.30. The van der Waals surface area contributed by atoms with Crippen molar-refractivity contribution in [3.8, 4) is 10.6 Å². The van der Waals surface area contributed by atoms with E-state index in [1.54, 1.807) is 11.3 Å². The van der Waals surface area contributed by atoms with Crippen LogP contribution in [-0.4, -0.2) is 10.9 Å². The zero-order valence-electron chi connectivity index (χ0n) is 13.0. The molecule has 0 atom stereocenters. The summed E-state index contributed by atoms with van der Waals surface area (Å²) in [6.45, 7) is 0. The van der Waals surface area contributed by atoms with Crippen LogP contribution < -0.4 is 5.32 Å². The van der Waals surface area contributed by atoms with Crippen LogP contribution in [0.15, 0.2) is 60.7 Å². The van der Waals surface area contributed by atoms with E-state index in [9.17, 15) is 4.79 Å². The maximum Gasteiger partial charge on any atom is 0.229 e. The minimum atomic E-state index is -0.0498. The lowest BCUT2D eigenvalue weighted by Gasteiger charge is -2.05. The molecule has 0 aliphatic rings. The summed E-state index contributed by atoms with van der Waals surface area (Å²) in [4.78, 5) is 17.7. The van der Waals surface area contributed by atoms with Crippen molar-refractivity contribution in [2.24, 2.45) is 0 Å². The van der Waals surface area contributed by atoms with Crippen LogP contribution >= 0.6 is 34.3 Å². The Labute approximate surface area is 157 Å². The number of thiazole rings is 1. The van der Waals surface area contributed by atoms with Gasteiger partial charge in [0.1, 0.15) is 5.01 Å². The quantitative estimate of drug-likeness (QED) is 0.478. The van der Waals surface area contributed by atoms with Crippen molar-refractivity contribution in [3.63, 3.8) is 0 Å². The third kappa shape index (κ3) is 3.74. The van der Waals surface area contributed by atoms with Gasteiger partial charge in [-0.1, -0.05) is 23.7 Å². The number of fused-ring (bicyclic) bond motifs is 1. The van der Waals surface area contributed by atoms with Gasteiger partial charge in [-0.05, 0) is 48.5 Å². The van der Waals surface area contributed by atoms with Crippen LogP contribution in [0.25, 0.3) is 20.8 Å². The number of carbonyl (C=O) groups excluding carboxylic acids is 1. The predicted octanol–water partition coefficient (Wildman–Crippen LogP) is 5.86. The Balaban J connectivity index is 1.47. The maximum absolute atomic E-state index is 12.1. The topological polar surface area (TPSA) is 42.0 Å². The first-order valence-corrected chi connectivity index (χ1v) is 9.68. The van der Waals surface area contributed by atoms with Crippen molar-refractivity contribution >= 4 is 56.1 Å². The van der Waals surface area contributed by atoms with Gasteiger partial charge in [0.05, 0.1) is 21.0 Å². The Hall–Kier alpha value is -2.21. The molecule has 4 aromatic rings. The molecule has 0 saturated heterocycles. The predicted molar refractivity (Wildman–Crippen MR) is 107 cm³/mol. The van der Waals surface area contributed by atoms with Crippen molar-refractivity contribution in [3.05, 3.63) is 69.9 Å². The van der Waals surface area contributed by atoms with Gasteiger partial charge in [-0.15, -0.1) is 22.7 Å². The van der Waals surface area contributed by atoms with Crippen LogP contribution in [0.5, 0.6) is 0 Å². The lowest BCUT2D eigenvalue weighted by molar-refractivity contribution is -0.115. The molecule has 0 fully saturated rings. The van der Waals surface area contributed by atoms with Gasteiger partial charge in [0.25, 0.3) is 0 Å². The first kappa shape index (κ1) is 16.3. The van der Waals surface area contributed by atoms with E-state index in [0.717, 1.165) is 26.7 Å². The number of thiophene rings is 1. The molecule has 2 aromatic heterocycles. The highest BCUT2D eigenvalue weighted by molar-refractivity contribution is 7.21. The summed E-state index contributed by atoms with van der Waals surface area (Å²) in [6.07, 6.45) is 0.330. The molecule has 0 spiro atoms. The summed E-state index contributed by atoms with van der Waals surface area (Å²) in [5.74, 6) is -0.0498. The normalized spacial score (nSPS) is 10.9. The molecule has 4 rings (SSSR count). The molecule has 0 unspecified atom stereocenters. The molecule has 0 aliphatic heterocycles. The number of halogens is 1. The molecule has 0 saturated carbocycles. The monoisotopic (exact) mass is 384 g/mol. The number of amides is 1. The van der Waals surface area contributed by atoms with E-state index in [2.05, 4.69) is 16.4 Å². The second-order valence-electron chi connectivity index (χ2n) is 5.49. The third-order valence-electron chi connectivity index (χ3n) is 3.67. The average Bonchev–Trinajstić information content (AvgIpc) is 3.21. The fourth-order valence-electron chi connectivity index (χ4n) is 2.50. The number of aromatic nitrogens is 1. The number of rotatable bonds is 4. The second-order valence-corrected chi connectivity index (χ2v) is 8.33. The summed E-state index contributed by atoms with van der Waals surface area (Å²) < 4.78 is 1.87. The minimum Gasteiger partial charge on any atom is -0.326 e. The van der Waals surface area contributed by atoms with E-state index in [-0.39, 0.29) is 5.91 Å². The SMILES string of the molecule is O=C(Cc1ccc(Cl)s1)Nc1ccc(-c2nc3ccccc3s2)cc1. The summed E-state index contributed by atoms with van der Waals surface area (Å²) >= 11 is 8.98. The summed E-state index contributed by atoms with van der Waals surface area (Å²) in [5, 5.41) is 3.89. The van der Waals surface area contributed by atoms with E-state index >= 15 is 0 Å². The van der Waals surface area contributed by atoms with Crippen LogP contribution in [0, 0.1) is 0 Å². The first-order valence-electron chi connectivity index (χ1n) is 7.67. The standard InChI is InChI=1S/C19H13ClN2OS2/c20-17-10-9-14(24-17)11-18(23)21-13-7-5-12(6-8-13)19-22-15-3-1-2-4-16(15)25-19/h1-10H,11H2,(H,21,23). The first-order chi connectivity index (χ1) is 12.2. The molecule has 6 heteroatoms. The van der Waals surface area contributed by atoms with Gasteiger partial charge in [0.15, 0.2) is 0 Å². The van der Waals surface area contributed by atoms with Crippen molar-refractivity contribution in [2.75, 3.05) is 5.32 Å². The molecule has 0 radical (unpaired) electrons. The van der Waals surface area contributed by atoms with E-state index < -0.39 is 0 Å². The lowest BCUT2D eigenvalue weighted by atomic mass is 10.2. The van der Waals surface area contributed by atoms with Crippen molar-refractivity contribution in [1.82, 2.24) is 4.98 Å². The van der Waals surface area contributed by atoms with Crippen molar-refractivity contribution < 1.29 is 4.79 Å². The second kappa shape index (κ2) is 6.96. The molecule has 0 bridgehead atoms. The number of para-hydroxylation sites is 1. The summed E-state index contributed by atoms with van der Waals surface area (Å²) in [5.41, 5.74) is 2.83. The van der Waals surface area contributed by atoms with Gasteiger partial charge in [0, 0.05) is 16.1 Å². The van der Waals surface area contributed by atoms with Gasteiger partial charge in [-0.25, -0.2) is 4.98 Å². The van der Waals surface area contributed by atoms with Crippen molar-refractivity contribution in [1.29, 1.82) is 0 Å². The maximum atomic E-state index is 12.1. The largest absolute Gasteiger partial charge is 0.326 e. The Morgan fingerprint density at radius 3 is 2.52 bits per heavy atom. The van der Waals surface area contributed by atoms with Gasteiger partial charge in [0.2, 0.25) is 5.91 Å². The van der Waals surface area contributed by atoms with Gasteiger partial charge >= 0.3 is 0 Å². The zero-order chi connectivity index (χ0) is 17.2. The minimum absolute atomic E-state index is 0.0498. The number of nitrogens with zero attached hydrogens (tertiary/aromatic N) is 1. The van der Waals surface area contributed by atoms with Gasteiger partial charge in [-0.3, -0.25) is 4.79 Å². The van der Waals surface area contributed by atoms with Crippen LogP contribution in [0.4, 0.5) is 5.69 Å². The smallest absolute Gasteiger partial charge is 0.229 e. The van der Waals surface area contributed by atoms with Gasteiger partial charge in [-0.2, -0.15) is 0 Å². The molecule has 2 heterocycles. The molecule has 124 valence electrons. The lowest BCUT2D eigenvalue weighted by Crippen LogP contribution is -2.13. The third-order valence-corrected chi connectivity index (χ3v) is 5.99. The number of hydrogen-bond acceptors (Lipinski definition) is 4. The fraction of sp³-hybridized carbons (Fsp3) is 0.0526. The highest BCUT2D eigenvalue weighted by Gasteiger charge is 2.08. The van der Waals surface area contributed by atoms with Crippen LogP contribution in [0.3, 0.4) is 0 Å². The Morgan fingerprint density at radius 1 is 1.00 bits per heavy atom. The van der Waals surface area contributed by atoms with Crippen LogP contribution in [0.2, 0.25) is 4.34 Å². The van der Waals surface area contributed by atoms with Gasteiger partial charge < -0.3 is 5.32 Å². The number of carbonyl (C=O) groups is 1. The Bertz CT molecular complexity index is 1000. The van der Waals surface area contributed by atoms with E-state index in [4.69, 9.17) is 11.6 Å². The van der Waals surface area contributed by atoms with Crippen LogP contribution in [0.1, 0.15) is 4.88 Å². The molecular weight excluding hydrogens is 372 g/mol. The highest BCUT2D eigenvalue weighted by atomic mass is 35.5. The summed E-state index contributed by atoms with van der Waals surface area (Å²) in [6, 6.07) is 19.5.